The first-order valence-electron chi connectivity index (χ1n) is 10.1. The maximum atomic E-state index is 10.7. The molecule has 2 aliphatic heterocycles. The molecule has 2 saturated heterocycles. The van der Waals surface area contributed by atoms with E-state index in [4.69, 9.17) is 30.1 Å². The third kappa shape index (κ3) is 5.30. The molecule has 6 N–H and O–H groups in total. The molecule has 2 aliphatic rings. The highest BCUT2D eigenvalue weighted by molar-refractivity contribution is 5.31. The van der Waals surface area contributed by atoms with Crippen LogP contribution in [0.4, 0.5) is 0 Å². The van der Waals surface area contributed by atoms with Crippen LogP contribution in [0.2, 0.25) is 0 Å². The molecule has 1 unspecified atom stereocenters. The number of rotatable bonds is 7. The quantitative estimate of drug-likeness (QED) is 0.191. The van der Waals surface area contributed by atoms with E-state index in [0.717, 1.165) is 0 Å². The zero-order chi connectivity index (χ0) is 24.3. The molecule has 0 spiro atoms. The van der Waals surface area contributed by atoms with Gasteiger partial charge < -0.3 is 54.3 Å². The van der Waals surface area contributed by atoms with Gasteiger partial charge in [-0.15, -0.1) is 6.42 Å². The van der Waals surface area contributed by atoms with Gasteiger partial charge >= 0.3 is 0 Å². The molecular weight excluding hydrogens is 440 g/mol. The Morgan fingerprint density at radius 1 is 1.06 bits per heavy atom. The van der Waals surface area contributed by atoms with Crippen molar-refractivity contribution in [2.45, 2.75) is 61.4 Å². The van der Waals surface area contributed by atoms with E-state index in [1.165, 1.54) is 7.11 Å². The molecule has 0 aromatic heterocycles. The molecule has 0 saturated carbocycles. The van der Waals surface area contributed by atoms with Gasteiger partial charge in [0.05, 0.1) is 13.7 Å². The topological polar surface area (TPSA) is 168 Å². The largest absolute Gasteiger partial charge is 0.497 e. The summed E-state index contributed by atoms with van der Waals surface area (Å²) in [5, 5.41) is 61.2. The van der Waals surface area contributed by atoms with Gasteiger partial charge in [-0.1, -0.05) is 12.5 Å². The summed E-state index contributed by atoms with van der Waals surface area (Å²) < 4.78 is 27.4. The summed E-state index contributed by atoms with van der Waals surface area (Å²) in [4.78, 5) is 0. The average Bonchev–Trinajstić information content (AvgIpc) is 2.83. The highest BCUT2D eigenvalue weighted by Gasteiger charge is 2.50. The Kier molecular flexibility index (Phi) is 8.30. The first-order chi connectivity index (χ1) is 15.7. The molecule has 10 atom stereocenters. The molecule has 3 rings (SSSR count). The van der Waals surface area contributed by atoms with Gasteiger partial charge in [-0.2, -0.15) is 0 Å². The van der Waals surface area contributed by atoms with Gasteiger partial charge in [-0.25, -0.2) is 0 Å². The van der Waals surface area contributed by atoms with E-state index in [2.05, 4.69) is 6.58 Å². The Morgan fingerprint density at radius 2 is 1.70 bits per heavy atom. The molecule has 1 aromatic carbocycles. The zero-order valence-electron chi connectivity index (χ0n) is 17.8. The number of hydrogen-bond acceptors (Lipinski definition) is 11. The standard InChI is InChI=1S/C22H28O11/c1-4-13(24)19-16(26)15(25)10(2)21(32-19)33-20-14(9-23)31-22(18(28)17(20)27)30-12-7-5-11(29-3)6-8-12/h1,5-8,13-28H,2,9H2,3H3/t13?,14-,15-,16+,17-,18-,19-,20-,21-,22-/m1/s1. The van der Waals surface area contributed by atoms with Gasteiger partial charge in [0.2, 0.25) is 6.29 Å². The minimum atomic E-state index is -1.62. The lowest BCUT2D eigenvalue weighted by atomic mass is 9.94. The molecule has 0 aliphatic carbocycles. The lowest BCUT2D eigenvalue weighted by Gasteiger charge is -2.45. The predicted octanol–water partition coefficient (Wildman–Crippen LogP) is -2.10. The van der Waals surface area contributed by atoms with E-state index in [1.807, 2.05) is 5.92 Å². The first-order valence-corrected chi connectivity index (χ1v) is 10.1. The number of benzene rings is 1. The van der Waals surface area contributed by atoms with Crippen LogP contribution in [-0.2, 0) is 14.2 Å². The predicted molar refractivity (Wildman–Crippen MR) is 111 cm³/mol. The Bertz CT molecular complexity index is 836. The van der Waals surface area contributed by atoms with Crippen molar-refractivity contribution < 1.29 is 54.3 Å². The number of aliphatic hydroxyl groups is 6. The van der Waals surface area contributed by atoms with E-state index < -0.39 is 68.0 Å². The van der Waals surface area contributed by atoms with Crippen molar-refractivity contribution in [2.75, 3.05) is 13.7 Å². The van der Waals surface area contributed by atoms with E-state index >= 15 is 0 Å². The number of ether oxygens (including phenoxy) is 5. The van der Waals surface area contributed by atoms with Crippen molar-refractivity contribution >= 4 is 0 Å². The Hall–Kier alpha value is -2.24. The fourth-order valence-electron chi connectivity index (χ4n) is 3.57. The third-order valence-electron chi connectivity index (χ3n) is 5.52. The van der Waals surface area contributed by atoms with Crippen LogP contribution in [0, 0.1) is 12.3 Å². The maximum Gasteiger partial charge on any atom is 0.229 e. The number of terminal acetylenes is 1. The molecule has 0 radical (unpaired) electrons. The fourth-order valence-corrected chi connectivity index (χ4v) is 3.57. The average molecular weight is 468 g/mol. The second kappa shape index (κ2) is 10.8. The number of hydrogen-bond donors (Lipinski definition) is 6. The SMILES string of the molecule is C#CC(O)[C@H]1O[C@H](O[C@H]2[C@H](O)[C@@H](O)[C@H](Oc3ccc(OC)cc3)O[C@@H]2CO)C(=C)[C@@H](O)[C@@H]1O. The maximum absolute atomic E-state index is 10.7. The molecule has 182 valence electrons. The van der Waals surface area contributed by atoms with Gasteiger partial charge in [-0.3, -0.25) is 0 Å². The van der Waals surface area contributed by atoms with Crippen molar-refractivity contribution in [3.8, 4) is 23.8 Å². The molecule has 33 heavy (non-hydrogen) atoms. The van der Waals surface area contributed by atoms with Crippen molar-refractivity contribution in [3.63, 3.8) is 0 Å². The molecule has 11 nitrogen and oxygen atoms in total. The lowest BCUT2D eigenvalue weighted by Crippen LogP contribution is -2.63. The van der Waals surface area contributed by atoms with Crippen molar-refractivity contribution in [1.82, 2.24) is 0 Å². The Balaban J connectivity index is 1.73. The van der Waals surface area contributed by atoms with Crippen LogP contribution in [0.1, 0.15) is 0 Å². The normalized spacial score (nSPS) is 37.8. The zero-order valence-corrected chi connectivity index (χ0v) is 17.8. The third-order valence-corrected chi connectivity index (χ3v) is 5.52. The minimum absolute atomic E-state index is 0.113. The summed E-state index contributed by atoms with van der Waals surface area (Å²) in [5.74, 6) is 2.89. The van der Waals surface area contributed by atoms with Crippen LogP contribution in [-0.4, -0.2) is 106 Å². The Morgan fingerprint density at radius 3 is 2.27 bits per heavy atom. The summed E-state index contributed by atoms with van der Waals surface area (Å²) in [5.41, 5.74) is -0.113. The van der Waals surface area contributed by atoms with Gasteiger partial charge in [0, 0.05) is 5.57 Å². The van der Waals surface area contributed by atoms with Crippen LogP contribution < -0.4 is 9.47 Å². The van der Waals surface area contributed by atoms with Gasteiger partial charge in [-0.05, 0) is 24.3 Å². The first kappa shape index (κ1) is 25.4. The van der Waals surface area contributed by atoms with Crippen LogP contribution in [0.15, 0.2) is 36.4 Å². The van der Waals surface area contributed by atoms with E-state index in [-0.39, 0.29) is 5.57 Å². The fraction of sp³-hybridized carbons (Fsp3) is 0.545. The highest BCUT2D eigenvalue weighted by atomic mass is 16.7. The second-order valence-electron chi connectivity index (χ2n) is 7.66. The van der Waals surface area contributed by atoms with Crippen LogP contribution in [0.25, 0.3) is 0 Å². The monoisotopic (exact) mass is 468 g/mol. The van der Waals surface area contributed by atoms with Crippen LogP contribution >= 0.6 is 0 Å². The number of methoxy groups -OCH3 is 1. The van der Waals surface area contributed by atoms with Gasteiger partial charge in [0.25, 0.3) is 0 Å². The number of aliphatic hydroxyl groups excluding tert-OH is 6. The summed E-state index contributed by atoms with van der Waals surface area (Å²) >= 11 is 0. The van der Waals surface area contributed by atoms with E-state index in [9.17, 15) is 30.6 Å². The molecule has 2 fully saturated rings. The summed E-state index contributed by atoms with van der Waals surface area (Å²) in [7, 11) is 1.51. The summed E-state index contributed by atoms with van der Waals surface area (Å²) in [6.45, 7) is 2.99. The molecule has 0 amide bonds. The highest BCUT2D eigenvalue weighted by Crippen LogP contribution is 2.32. The summed E-state index contributed by atoms with van der Waals surface area (Å²) in [6, 6.07) is 6.40. The van der Waals surface area contributed by atoms with Crippen molar-refractivity contribution in [3.05, 3.63) is 36.4 Å². The molecule has 1 aromatic rings. The van der Waals surface area contributed by atoms with Crippen LogP contribution in [0.3, 0.4) is 0 Å². The second-order valence-corrected chi connectivity index (χ2v) is 7.66. The van der Waals surface area contributed by atoms with E-state index in [1.54, 1.807) is 24.3 Å². The van der Waals surface area contributed by atoms with Crippen molar-refractivity contribution in [2.24, 2.45) is 0 Å². The lowest BCUT2D eigenvalue weighted by molar-refractivity contribution is -0.321. The van der Waals surface area contributed by atoms with Crippen molar-refractivity contribution in [1.29, 1.82) is 0 Å². The molecule has 0 bridgehead atoms. The summed E-state index contributed by atoms with van der Waals surface area (Å²) in [6.07, 6.45) is -9.46. The molecular formula is C22H28O11. The van der Waals surface area contributed by atoms with E-state index in [0.29, 0.717) is 11.5 Å². The van der Waals surface area contributed by atoms with Gasteiger partial charge in [0.15, 0.2) is 6.29 Å². The molecule has 11 heteroatoms. The Labute approximate surface area is 190 Å². The smallest absolute Gasteiger partial charge is 0.229 e. The minimum Gasteiger partial charge on any atom is -0.497 e. The van der Waals surface area contributed by atoms with Crippen LogP contribution in [0.5, 0.6) is 11.5 Å². The molecule has 2 heterocycles. The van der Waals surface area contributed by atoms with Gasteiger partial charge in [0.1, 0.15) is 60.3 Å².